The third kappa shape index (κ3) is 4.48. The molecule has 28 heavy (non-hydrogen) atoms. The monoisotopic (exact) mass is 374 g/mol. The molecule has 2 aromatic rings. The maximum Gasteiger partial charge on any atom is 0.0967 e. The van der Waals surface area contributed by atoms with E-state index < -0.39 is 0 Å². The summed E-state index contributed by atoms with van der Waals surface area (Å²) in [6.07, 6.45) is 12.5. The molecule has 2 aliphatic rings. The number of aryl methyl sites for hydroxylation is 2. The highest BCUT2D eigenvalue weighted by Crippen LogP contribution is 2.35. The third-order valence-corrected chi connectivity index (χ3v) is 6.38. The highest BCUT2D eigenvalue weighted by atomic mass is 15.0. The van der Waals surface area contributed by atoms with Crippen molar-refractivity contribution in [2.75, 3.05) is 6.54 Å². The fourth-order valence-electron chi connectivity index (χ4n) is 4.71. The molecule has 0 spiro atoms. The Morgan fingerprint density at radius 1 is 0.821 bits per heavy atom. The van der Waals surface area contributed by atoms with E-state index in [0.29, 0.717) is 6.04 Å². The molecule has 0 bridgehead atoms. The molecule has 2 nitrogen and oxygen atoms in total. The number of aliphatic imine (C=N–C) groups is 1. The number of fused-ring (bicyclic) bond motifs is 3. The average molecular weight is 375 g/mol. The Kier molecular flexibility index (Phi) is 6.46. The molecule has 1 unspecified atom stereocenters. The third-order valence-electron chi connectivity index (χ3n) is 6.38. The van der Waals surface area contributed by atoms with Crippen molar-refractivity contribution in [3.8, 4) is 11.1 Å². The van der Waals surface area contributed by atoms with Gasteiger partial charge in [0.2, 0.25) is 0 Å². The van der Waals surface area contributed by atoms with Crippen molar-refractivity contribution in [1.29, 1.82) is 0 Å². The number of nitrogens with one attached hydrogen (secondary N) is 1. The van der Waals surface area contributed by atoms with Crippen molar-refractivity contribution in [2.24, 2.45) is 4.99 Å². The molecule has 0 saturated heterocycles. The molecule has 0 aromatic heterocycles. The summed E-state index contributed by atoms with van der Waals surface area (Å²) in [6, 6.07) is 16.4. The molecule has 0 saturated carbocycles. The Morgan fingerprint density at radius 2 is 1.57 bits per heavy atom. The smallest absolute Gasteiger partial charge is 0.0967 e. The summed E-state index contributed by atoms with van der Waals surface area (Å²) in [4.78, 5) is 4.92. The van der Waals surface area contributed by atoms with Crippen LogP contribution >= 0.6 is 0 Å². The maximum atomic E-state index is 4.92. The van der Waals surface area contributed by atoms with Crippen LogP contribution in [0.2, 0.25) is 0 Å². The number of hydrogen-bond acceptors (Lipinski definition) is 2. The van der Waals surface area contributed by atoms with Gasteiger partial charge < -0.3 is 5.32 Å². The summed E-state index contributed by atoms with van der Waals surface area (Å²) in [7, 11) is 0. The van der Waals surface area contributed by atoms with Crippen LogP contribution in [0.5, 0.6) is 0 Å². The quantitative estimate of drug-likeness (QED) is 0.640. The number of benzene rings is 2. The van der Waals surface area contributed by atoms with Crippen molar-refractivity contribution in [2.45, 2.75) is 77.2 Å². The Bertz CT molecular complexity index is 821. The Labute approximate surface area is 170 Å². The van der Waals surface area contributed by atoms with Crippen molar-refractivity contribution in [3.63, 3.8) is 0 Å². The summed E-state index contributed by atoms with van der Waals surface area (Å²) in [5.41, 5.74) is 7.26. The lowest BCUT2D eigenvalue weighted by Crippen LogP contribution is -2.29. The fraction of sp³-hybridized carbons (Fsp3) is 0.500. The summed E-state index contributed by atoms with van der Waals surface area (Å²) < 4.78 is 0. The average Bonchev–Trinajstić information content (AvgIpc) is 2.75. The molecule has 1 atom stereocenters. The molecule has 1 aliphatic heterocycles. The predicted molar refractivity (Wildman–Crippen MR) is 120 cm³/mol. The SMILES string of the molecule is CCC(NC1=NCCCCCCCC1)c1ccc2c(c1)CCc1ccccc1-2. The zero-order chi connectivity index (χ0) is 19.2. The molecule has 1 aliphatic carbocycles. The van der Waals surface area contributed by atoms with Crippen LogP contribution in [0.1, 0.15) is 81.0 Å². The zero-order valence-corrected chi connectivity index (χ0v) is 17.3. The first-order valence-electron chi connectivity index (χ1n) is 11.4. The molecule has 0 fully saturated rings. The number of amidine groups is 1. The lowest BCUT2D eigenvalue weighted by molar-refractivity contribution is 0.573. The topological polar surface area (TPSA) is 24.4 Å². The number of rotatable bonds is 3. The predicted octanol–water partition coefficient (Wildman–Crippen LogP) is 6.64. The van der Waals surface area contributed by atoms with Gasteiger partial charge in [0, 0.05) is 13.0 Å². The van der Waals surface area contributed by atoms with Crippen molar-refractivity contribution in [3.05, 3.63) is 59.2 Å². The van der Waals surface area contributed by atoms with Crippen LogP contribution in [0.3, 0.4) is 0 Å². The highest BCUT2D eigenvalue weighted by Gasteiger charge is 2.18. The van der Waals surface area contributed by atoms with Gasteiger partial charge in [-0.1, -0.05) is 75.1 Å². The van der Waals surface area contributed by atoms with E-state index in [1.807, 2.05) is 0 Å². The van der Waals surface area contributed by atoms with Crippen LogP contribution in [0.15, 0.2) is 47.5 Å². The molecule has 2 heteroatoms. The van der Waals surface area contributed by atoms with Gasteiger partial charge in [-0.25, -0.2) is 0 Å². The van der Waals surface area contributed by atoms with Crippen molar-refractivity contribution in [1.82, 2.24) is 5.32 Å². The molecule has 4 rings (SSSR count). The van der Waals surface area contributed by atoms with E-state index in [0.717, 1.165) is 32.2 Å². The standard InChI is InChI=1S/C26H34N2/c1-2-25(28-26-13-7-5-3-4-6-10-18-27-26)22-16-17-24-21(19-22)15-14-20-11-8-9-12-23(20)24/h8-9,11-12,16-17,19,25H,2-7,10,13-15,18H2,1H3,(H,27,28). The summed E-state index contributed by atoms with van der Waals surface area (Å²) in [5.74, 6) is 1.23. The van der Waals surface area contributed by atoms with Gasteiger partial charge in [-0.2, -0.15) is 0 Å². The van der Waals surface area contributed by atoms with Gasteiger partial charge >= 0.3 is 0 Å². The van der Waals surface area contributed by atoms with E-state index in [4.69, 9.17) is 4.99 Å². The van der Waals surface area contributed by atoms with Gasteiger partial charge in [-0.05, 0) is 59.9 Å². The number of nitrogens with zero attached hydrogens (tertiary/aromatic N) is 1. The van der Waals surface area contributed by atoms with E-state index in [2.05, 4.69) is 54.7 Å². The first kappa shape index (κ1) is 19.2. The van der Waals surface area contributed by atoms with E-state index >= 15 is 0 Å². The van der Waals surface area contributed by atoms with Crippen LogP contribution in [0.25, 0.3) is 11.1 Å². The zero-order valence-electron chi connectivity index (χ0n) is 17.3. The molecule has 148 valence electrons. The van der Waals surface area contributed by atoms with Crippen LogP contribution in [0.4, 0.5) is 0 Å². The highest BCUT2D eigenvalue weighted by molar-refractivity contribution is 5.82. The van der Waals surface area contributed by atoms with Gasteiger partial charge in [0.05, 0.1) is 11.9 Å². The second kappa shape index (κ2) is 9.41. The van der Waals surface area contributed by atoms with E-state index in [9.17, 15) is 0 Å². The lowest BCUT2D eigenvalue weighted by Gasteiger charge is -2.25. The van der Waals surface area contributed by atoms with Crippen LogP contribution in [-0.2, 0) is 12.8 Å². The van der Waals surface area contributed by atoms with E-state index in [1.165, 1.54) is 72.2 Å². The summed E-state index contributed by atoms with van der Waals surface area (Å²) >= 11 is 0. The Morgan fingerprint density at radius 3 is 2.46 bits per heavy atom. The van der Waals surface area contributed by atoms with Crippen molar-refractivity contribution >= 4 is 5.84 Å². The van der Waals surface area contributed by atoms with Gasteiger partial charge in [-0.15, -0.1) is 0 Å². The van der Waals surface area contributed by atoms with E-state index in [1.54, 1.807) is 0 Å². The van der Waals surface area contributed by atoms with E-state index in [-0.39, 0.29) is 0 Å². The van der Waals surface area contributed by atoms with Crippen LogP contribution < -0.4 is 5.32 Å². The molecular formula is C26H34N2. The number of hydrogen-bond donors (Lipinski definition) is 1. The largest absolute Gasteiger partial charge is 0.367 e. The molecule has 1 N–H and O–H groups in total. The molecule has 0 amide bonds. The first-order valence-corrected chi connectivity index (χ1v) is 11.4. The maximum absolute atomic E-state index is 4.92. The summed E-state index contributed by atoms with van der Waals surface area (Å²) in [6.45, 7) is 3.27. The molecule has 0 radical (unpaired) electrons. The molecular weight excluding hydrogens is 340 g/mol. The minimum Gasteiger partial charge on any atom is -0.367 e. The fourth-order valence-corrected chi connectivity index (χ4v) is 4.71. The van der Waals surface area contributed by atoms with Crippen LogP contribution in [-0.4, -0.2) is 12.4 Å². The van der Waals surface area contributed by atoms with Gasteiger partial charge in [0.1, 0.15) is 0 Å². The first-order chi connectivity index (χ1) is 13.8. The minimum atomic E-state index is 0.365. The van der Waals surface area contributed by atoms with Gasteiger partial charge in [-0.3, -0.25) is 4.99 Å². The van der Waals surface area contributed by atoms with Crippen LogP contribution in [0, 0.1) is 0 Å². The minimum absolute atomic E-state index is 0.365. The normalized spacial score (nSPS) is 18.4. The Balaban J connectivity index is 1.53. The second-order valence-corrected chi connectivity index (χ2v) is 8.38. The van der Waals surface area contributed by atoms with Crippen molar-refractivity contribution < 1.29 is 0 Å². The Hall–Kier alpha value is -2.09. The summed E-state index contributed by atoms with van der Waals surface area (Å²) in [5, 5.41) is 3.81. The molecule has 2 aromatic carbocycles. The lowest BCUT2D eigenvalue weighted by atomic mass is 9.84. The van der Waals surface area contributed by atoms with Gasteiger partial charge in [0.15, 0.2) is 0 Å². The second-order valence-electron chi connectivity index (χ2n) is 8.38. The molecule has 1 heterocycles. The van der Waals surface area contributed by atoms with Gasteiger partial charge in [0.25, 0.3) is 0 Å².